The van der Waals surface area contributed by atoms with E-state index in [9.17, 15) is 9.59 Å². The second-order valence-corrected chi connectivity index (χ2v) is 8.11. The van der Waals surface area contributed by atoms with E-state index in [1.54, 1.807) is 31.4 Å². The molecule has 0 atom stereocenters. The van der Waals surface area contributed by atoms with Gasteiger partial charge in [-0.25, -0.2) is 4.98 Å². The van der Waals surface area contributed by atoms with Gasteiger partial charge in [0.1, 0.15) is 18.1 Å². The maximum Gasteiger partial charge on any atom is 0.251 e. The lowest BCUT2D eigenvalue weighted by Gasteiger charge is -2.11. The van der Waals surface area contributed by atoms with Crippen LogP contribution in [0.15, 0.2) is 72.8 Å². The summed E-state index contributed by atoms with van der Waals surface area (Å²) in [4.78, 5) is 29.9. The largest absolute Gasteiger partial charge is 0.497 e. The van der Waals surface area contributed by atoms with Crippen molar-refractivity contribution in [3.8, 4) is 5.75 Å². The molecule has 0 unspecified atom stereocenters. The summed E-state index contributed by atoms with van der Waals surface area (Å²) in [5.41, 5.74) is 4.16. The third-order valence-electron chi connectivity index (χ3n) is 5.55. The molecule has 0 aliphatic carbocycles. The SMILES string of the molecule is COc1ccc(NC(=O)Cn2c(CCCNC(=O)c3cccc(C)c3)nc3ccccc32)cc1. The summed E-state index contributed by atoms with van der Waals surface area (Å²) < 4.78 is 7.10. The quantitative estimate of drug-likeness (QED) is 0.367. The molecular weight excluding hydrogens is 428 g/mol. The van der Waals surface area contributed by atoms with E-state index in [0.717, 1.165) is 28.2 Å². The molecule has 4 rings (SSSR count). The van der Waals surface area contributed by atoms with E-state index in [1.807, 2.05) is 60.0 Å². The zero-order valence-corrected chi connectivity index (χ0v) is 19.4. The Morgan fingerprint density at radius 3 is 2.56 bits per heavy atom. The van der Waals surface area contributed by atoms with Crippen molar-refractivity contribution < 1.29 is 14.3 Å². The minimum atomic E-state index is -0.137. The summed E-state index contributed by atoms with van der Waals surface area (Å²) in [5, 5.41) is 5.90. The highest BCUT2D eigenvalue weighted by Crippen LogP contribution is 2.19. The fourth-order valence-corrected chi connectivity index (χ4v) is 3.85. The second-order valence-electron chi connectivity index (χ2n) is 8.11. The third-order valence-corrected chi connectivity index (χ3v) is 5.55. The number of imidazole rings is 1. The highest BCUT2D eigenvalue weighted by atomic mass is 16.5. The summed E-state index contributed by atoms with van der Waals surface area (Å²) in [5.74, 6) is 1.32. The Morgan fingerprint density at radius 2 is 1.79 bits per heavy atom. The zero-order valence-electron chi connectivity index (χ0n) is 19.4. The van der Waals surface area contributed by atoms with Gasteiger partial charge in [-0.3, -0.25) is 9.59 Å². The number of anilines is 1. The number of carbonyl (C=O) groups excluding carboxylic acids is 2. The number of rotatable bonds is 9. The monoisotopic (exact) mass is 456 g/mol. The fraction of sp³-hybridized carbons (Fsp3) is 0.222. The number of ether oxygens (including phenoxy) is 1. The maximum atomic E-state index is 12.8. The van der Waals surface area contributed by atoms with Crippen LogP contribution in [-0.2, 0) is 17.8 Å². The first-order chi connectivity index (χ1) is 16.5. The number of amides is 2. The fourth-order valence-electron chi connectivity index (χ4n) is 3.85. The maximum absolute atomic E-state index is 12.8. The van der Waals surface area contributed by atoms with Gasteiger partial charge in [-0.05, 0) is 61.9 Å². The lowest BCUT2D eigenvalue weighted by Crippen LogP contribution is -2.25. The molecule has 7 heteroatoms. The van der Waals surface area contributed by atoms with Crippen LogP contribution in [0.1, 0.15) is 28.2 Å². The Morgan fingerprint density at radius 1 is 1.00 bits per heavy atom. The molecule has 0 fully saturated rings. The Bertz CT molecular complexity index is 1290. The van der Waals surface area contributed by atoms with Gasteiger partial charge in [0.15, 0.2) is 0 Å². The molecule has 1 heterocycles. The number of para-hydroxylation sites is 2. The first-order valence-electron chi connectivity index (χ1n) is 11.3. The molecule has 3 aromatic carbocycles. The van der Waals surface area contributed by atoms with Gasteiger partial charge in [-0.15, -0.1) is 0 Å². The standard InChI is InChI=1S/C27H28N4O3/c1-19-7-5-8-20(17-19)27(33)28-16-6-11-25-30-23-9-3-4-10-24(23)31(25)18-26(32)29-21-12-14-22(34-2)15-13-21/h3-5,7-10,12-15,17H,6,11,16,18H2,1-2H3,(H,28,33)(H,29,32). The number of methoxy groups -OCH3 is 1. The van der Waals surface area contributed by atoms with Gasteiger partial charge in [0.2, 0.25) is 5.91 Å². The molecule has 34 heavy (non-hydrogen) atoms. The molecule has 0 aliphatic rings. The van der Waals surface area contributed by atoms with Gasteiger partial charge in [0, 0.05) is 24.2 Å². The van der Waals surface area contributed by atoms with Crippen LogP contribution in [0.3, 0.4) is 0 Å². The molecule has 0 aliphatic heterocycles. The van der Waals surface area contributed by atoms with E-state index in [1.165, 1.54) is 0 Å². The van der Waals surface area contributed by atoms with Crippen LogP contribution in [0, 0.1) is 6.92 Å². The van der Waals surface area contributed by atoms with Crippen LogP contribution in [-0.4, -0.2) is 35.0 Å². The molecule has 4 aromatic rings. The molecule has 2 amide bonds. The van der Waals surface area contributed by atoms with E-state index in [-0.39, 0.29) is 18.4 Å². The average molecular weight is 457 g/mol. The van der Waals surface area contributed by atoms with Gasteiger partial charge >= 0.3 is 0 Å². The van der Waals surface area contributed by atoms with Crippen molar-refractivity contribution >= 4 is 28.5 Å². The van der Waals surface area contributed by atoms with Crippen molar-refractivity contribution in [3.63, 3.8) is 0 Å². The van der Waals surface area contributed by atoms with Crippen LogP contribution >= 0.6 is 0 Å². The number of nitrogens with one attached hydrogen (secondary N) is 2. The molecule has 0 bridgehead atoms. The first-order valence-corrected chi connectivity index (χ1v) is 11.3. The highest BCUT2D eigenvalue weighted by Gasteiger charge is 2.14. The number of hydrogen-bond donors (Lipinski definition) is 2. The Hall–Kier alpha value is -4.13. The molecule has 0 saturated heterocycles. The number of fused-ring (bicyclic) bond motifs is 1. The summed E-state index contributed by atoms with van der Waals surface area (Å²) in [6.45, 7) is 2.64. The zero-order chi connectivity index (χ0) is 23.9. The summed E-state index contributed by atoms with van der Waals surface area (Å²) >= 11 is 0. The number of aromatic nitrogens is 2. The summed E-state index contributed by atoms with van der Waals surface area (Å²) in [6, 6.07) is 22.5. The first kappa shape index (κ1) is 23.0. The topological polar surface area (TPSA) is 85.2 Å². The van der Waals surface area contributed by atoms with Crippen molar-refractivity contribution in [3.05, 3.63) is 89.7 Å². The second kappa shape index (κ2) is 10.7. The van der Waals surface area contributed by atoms with Crippen molar-refractivity contribution in [1.29, 1.82) is 0 Å². The molecule has 0 radical (unpaired) electrons. The van der Waals surface area contributed by atoms with Crippen LogP contribution in [0.2, 0.25) is 0 Å². The van der Waals surface area contributed by atoms with E-state index >= 15 is 0 Å². The lowest BCUT2D eigenvalue weighted by molar-refractivity contribution is -0.116. The molecule has 0 saturated carbocycles. The lowest BCUT2D eigenvalue weighted by atomic mass is 10.1. The number of benzene rings is 3. The van der Waals surface area contributed by atoms with Crippen molar-refractivity contribution in [2.75, 3.05) is 19.0 Å². The Labute approximate surface area is 198 Å². The predicted molar refractivity (Wildman–Crippen MR) is 133 cm³/mol. The van der Waals surface area contributed by atoms with E-state index < -0.39 is 0 Å². The normalized spacial score (nSPS) is 10.8. The minimum Gasteiger partial charge on any atom is -0.497 e. The van der Waals surface area contributed by atoms with E-state index in [2.05, 4.69) is 10.6 Å². The van der Waals surface area contributed by atoms with Gasteiger partial charge in [0.25, 0.3) is 5.91 Å². The van der Waals surface area contributed by atoms with E-state index in [0.29, 0.717) is 30.6 Å². The van der Waals surface area contributed by atoms with Crippen LogP contribution < -0.4 is 15.4 Å². The Balaban J connectivity index is 1.40. The van der Waals surface area contributed by atoms with Crippen molar-refractivity contribution in [2.24, 2.45) is 0 Å². The minimum absolute atomic E-state index is 0.0870. The van der Waals surface area contributed by atoms with Crippen molar-refractivity contribution in [2.45, 2.75) is 26.3 Å². The van der Waals surface area contributed by atoms with Crippen LogP contribution in [0.4, 0.5) is 5.69 Å². The van der Waals surface area contributed by atoms with Gasteiger partial charge in [-0.2, -0.15) is 0 Å². The molecule has 174 valence electrons. The molecule has 0 spiro atoms. The Kier molecular flexibility index (Phi) is 7.22. The smallest absolute Gasteiger partial charge is 0.251 e. The van der Waals surface area contributed by atoms with Crippen LogP contribution in [0.5, 0.6) is 5.75 Å². The van der Waals surface area contributed by atoms with E-state index in [4.69, 9.17) is 9.72 Å². The number of hydrogen-bond acceptors (Lipinski definition) is 4. The number of aryl methyl sites for hydroxylation is 2. The van der Waals surface area contributed by atoms with Crippen LogP contribution in [0.25, 0.3) is 11.0 Å². The molecule has 1 aromatic heterocycles. The molecule has 2 N–H and O–H groups in total. The third kappa shape index (κ3) is 5.61. The van der Waals surface area contributed by atoms with Gasteiger partial charge in [-0.1, -0.05) is 29.8 Å². The number of carbonyl (C=O) groups is 2. The van der Waals surface area contributed by atoms with Gasteiger partial charge < -0.3 is 19.9 Å². The summed E-state index contributed by atoms with van der Waals surface area (Å²) in [7, 11) is 1.60. The molecule has 7 nitrogen and oxygen atoms in total. The average Bonchev–Trinajstić information content (AvgIpc) is 3.19. The van der Waals surface area contributed by atoms with Gasteiger partial charge in [0.05, 0.1) is 18.1 Å². The highest BCUT2D eigenvalue weighted by molar-refractivity contribution is 5.94. The number of nitrogens with zero attached hydrogens (tertiary/aromatic N) is 2. The molecular formula is C27H28N4O3. The predicted octanol–water partition coefficient (Wildman–Crippen LogP) is 4.35. The summed E-state index contributed by atoms with van der Waals surface area (Å²) in [6.07, 6.45) is 1.35. The van der Waals surface area contributed by atoms with Crippen molar-refractivity contribution in [1.82, 2.24) is 14.9 Å².